The van der Waals surface area contributed by atoms with Gasteiger partial charge in [-0.25, -0.2) is 9.37 Å². The van der Waals surface area contributed by atoms with Gasteiger partial charge in [0.25, 0.3) is 0 Å². The van der Waals surface area contributed by atoms with Crippen molar-refractivity contribution in [2.75, 3.05) is 52.5 Å². The summed E-state index contributed by atoms with van der Waals surface area (Å²) in [6.45, 7) is 7.40. The molecule has 2 saturated heterocycles. The van der Waals surface area contributed by atoms with Gasteiger partial charge in [0, 0.05) is 48.1 Å². The molecular formula is C36H37FN8O2. The van der Waals surface area contributed by atoms with Gasteiger partial charge in [0.15, 0.2) is 0 Å². The van der Waals surface area contributed by atoms with E-state index in [4.69, 9.17) is 14.5 Å². The summed E-state index contributed by atoms with van der Waals surface area (Å²) in [5, 5.41) is 8.64. The molecule has 0 unspecified atom stereocenters. The average molecular weight is 633 g/mol. The molecular weight excluding hydrogens is 595 g/mol. The number of aromatic amines is 2. The number of hydrogen-bond acceptors (Lipinski definition) is 8. The number of pyridine rings is 3. The molecule has 2 N–H and O–H groups in total. The van der Waals surface area contributed by atoms with Gasteiger partial charge < -0.3 is 14.5 Å². The van der Waals surface area contributed by atoms with Crippen molar-refractivity contribution in [1.29, 1.82) is 0 Å². The van der Waals surface area contributed by atoms with E-state index < -0.39 is 0 Å². The highest BCUT2D eigenvalue weighted by atomic mass is 19.1. The summed E-state index contributed by atoms with van der Waals surface area (Å²) in [6, 6.07) is 12.8. The highest BCUT2D eigenvalue weighted by molar-refractivity contribution is 6.00. The maximum Gasteiger partial charge on any atom is 0.138 e. The third-order valence-corrected chi connectivity index (χ3v) is 9.15. The van der Waals surface area contributed by atoms with Crippen LogP contribution in [0, 0.1) is 5.82 Å². The van der Waals surface area contributed by atoms with E-state index in [1.54, 1.807) is 24.8 Å². The van der Waals surface area contributed by atoms with Crippen molar-refractivity contribution in [3.05, 3.63) is 73.1 Å². The fraction of sp³-hybridized carbons (Fsp3) is 0.333. The van der Waals surface area contributed by atoms with Gasteiger partial charge in [-0.1, -0.05) is 0 Å². The zero-order valence-electron chi connectivity index (χ0n) is 26.2. The molecule has 7 heterocycles. The second-order valence-electron chi connectivity index (χ2n) is 12.4. The van der Waals surface area contributed by atoms with Gasteiger partial charge >= 0.3 is 0 Å². The largest absolute Gasteiger partial charge is 0.492 e. The van der Waals surface area contributed by atoms with Crippen LogP contribution in [0.1, 0.15) is 25.7 Å². The van der Waals surface area contributed by atoms with Crippen molar-refractivity contribution >= 4 is 21.9 Å². The number of nitrogens with one attached hydrogen (secondary N) is 2. The third-order valence-electron chi connectivity index (χ3n) is 9.15. The molecule has 240 valence electrons. The molecule has 11 heteroatoms. The lowest BCUT2D eigenvalue weighted by Gasteiger charge is -2.15. The van der Waals surface area contributed by atoms with E-state index >= 15 is 0 Å². The minimum Gasteiger partial charge on any atom is -0.492 e. The second-order valence-corrected chi connectivity index (χ2v) is 12.4. The highest BCUT2D eigenvalue weighted by Crippen LogP contribution is 2.35. The number of hydrogen-bond donors (Lipinski definition) is 2. The molecule has 8 rings (SSSR count). The Labute approximate surface area is 272 Å². The molecule has 0 bridgehead atoms. The molecule has 0 atom stereocenters. The summed E-state index contributed by atoms with van der Waals surface area (Å²) >= 11 is 0. The summed E-state index contributed by atoms with van der Waals surface area (Å²) in [4.78, 5) is 22.1. The second kappa shape index (κ2) is 13.1. The summed E-state index contributed by atoms with van der Waals surface area (Å²) in [6.07, 6.45) is 12.0. The SMILES string of the molecule is Fc1cc(OCCN2CCCC2)cc(-c2cncc3[nH]c(-c4n[nH]c5ccc(-c6cncc(OCCN7CCCC7)c6)nc45)cc23)c1. The Bertz CT molecular complexity index is 2010. The van der Waals surface area contributed by atoms with Crippen LogP contribution < -0.4 is 9.47 Å². The third kappa shape index (κ3) is 6.41. The normalized spacial score (nSPS) is 15.7. The van der Waals surface area contributed by atoms with Gasteiger partial charge in [0.1, 0.15) is 41.7 Å². The molecule has 1 aromatic carbocycles. The molecule has 0 spiro atoms. The van der Waals surface area contributed by atoms with E-state index in [2.05, 4.69) is 34.9 Å². The summed E-state index contributed by atoms with van der Waals surface area (Å²) in [5.41, 5.74) is 6.95. The number of H-pyrrole nitrogens is 2. The fourth-order valence-electron chi connectivity index (χ4n) is 6.69. The van der Waals surface area contributed by atoms with Crippen molar-refractivity contribution < 1.29 is 13.9 Å². The molecule has 0 radical (unpaired) electrons. The first-order chi connectivity index (χ1) is 23.2. The van der Waals surface area contributed by atoms with E-state index in [1.807, 2.05) is 30.3 Å². The number of rotatable bonds is 11. The molecule has 6 aromatic rings. The van der Waals surface area contributed by atoms with Gasteiger partial charge in [0.2, 0.25) is 0 Å². The van der Waals surface area contributed by atoms with Crippen LogP contribution in [0.25, 0.3) is 55.7 Å². The zero-order valence-corrected chi connectivity index (χ0v) is 26.2. The Hall–Kier alpha value is -4.87. The lowest BCUT2D eigenvalue weighted by Crippen LogP contribution is -2.25. The molecule has 2 fully saturated rings. The molecule has 10 nitrogen and oxygen atoms in total. The first-order valence-electron chi connectivity index (χ1n) is 16.5. The van der Waals surface area contributed by atoms with Crippen molar-refractivity contribution in [2.45, 2.75) is 25.7 Å². The number of aromatic nitrogens is 6. The minimum atomic E-state index is -0.350. The van der Waals surface area contributed by atoms with Crippen molar-refractivity contribution in [2.24, 2.45) is 0 Å². The maximum absolute atomic E-state index is 14.8. The van der Waals surface area contributed by atoms with Gasteiger partial charge in [-0.2, -0.15) is 5.10 Å². The smallest absolute Gasteiger partial charge is 0.138 e. The summed E-state index contributed by atoms with van der Waals surface area (Å²) in [7, 11) is 0. The van der Waals surface area contributed by atoms with Crippen LogP contribution in [-0.2, 0) is 0 Å². The number of benzene rings is 1. The molecule has 0 aliphatic carbocycles. The number of ether oxygens (including phenoxy) is 2. The van der Waals surface area contributed by atoms with E-state index in [1.165, 1.54) is 37.8 Å². The van der Waals surface area contributed by atoms with Gasteiger partial charge in [0.05, 0.1) is 34.8 Å². The molecule has 2 aliphatic heterocycles. The Kier molecular flexibility index (Phi) is 8.22. The number of nitrogens with zero attached hydrogens (tertiary/aromatic N) is 6. The van der Waals surface area contributed by atoms with Crippen LogP contribution in [0.2, 0.25) is 0 Å². The van der Waals surface area contributed by atoms with E-state index in [0.29, 0.717) is 30.2 Å². The van der Waals surface area contributed by atoms with Crippen LogP contribution in [0.3, 0.4) is 0 Å². The molecule has 47 heavy (non-hydrogen) atoms. The first-order valence-corrected chi connectivity index (χ1v) is 16.5. The first kappa shape index (κ1) is 29.5. The quantitative estimate of drug-likeness (QED) is 0.171. The lowest BCUT2D eigenvalue weighted by atomic mass is 10.0. The number of halogens is 1. The van der Waals surface area contributed by atoms with Gasteiger partial charge in [-0.05, 0) is 93.8 Å². The number of likely N-dealkylation sites (tertiary alicyclic amines) is 2. The molecule has 0 saturated carbocycles. The predicted molar refractivity (Wildman–Crippen MR) is 180 cm³/mol. The number of fused-ring (bicyclic) bond motifs is 2. The lowest BCUT2D eigenvalue weighted by molar-refractivity contribution is 0.237. The maximum atomic E-state index is 14.8. The Balaban J connectivity index is 1.05. The highest BCUT2D eigenvalue weighted by Gasteiger charge is 2.18. The van der Waals surface area contributed by atoms with Crippen molar-refractivity contribution in [3.63, 3.8) is 0 Å². The monoisotopic (exact) mass is 632 g/mol. The average Bonchev–Trinajstić information content (AvgIpc) is 3.91. The van der Waals surface area contributed by atoms with Gasteiger partial charge in [-0.3, -0.25) is 24.9 Å². The zero-order chi connectivity index (χ0) is 31.6. The van der Waals surface area contributed by atoms with Crippen LogP contribution in [0.15, 0.2) is 67.3 Å². The Morgan fingerprint density at radius 1 is 0.723 bits per heavy atom. The summed E-state index contributed by atoms with van der Waals surface area (Å²) < 4.78 is 26.8. The standard InChI is InChI=1S/C36H37FN8O2/c37-26-15-24(16-27(18-26)46-13-11-44-7-1-2-8-44)30-22-39-23-34-29(30)19-33(40-34)36-35-32(42-43-36)6-5-31(41-35)25-17-28(21-38-20-25)47-14-12-45-9-3-4-10-45/h5-6,15-23,40H,1-4,7-14H2,(H,42,43). The van der Waals surface area contributed by atoms with Crippen molar-refractivity contribution in [1.82, 2.24) is 39.9 Å². The van der Waals surface area contributed by atoms with E-state index in [-0.39, 0.29) is 5.82 Å². The molecule has 5 aromatic heterocycles. The molecule has 0 amide bonds. The summed E-state index contributed by atoms with van der Waals surface area (Å²) in [5.74, 6) is 0.888. The minimum absolute atomic E-state index is 0.350. The van der Waals surface area contributed by atoms with E-state index in [0.717, 1.165) is 89.5 Å². The van der Waals surface area contributed by atoms with Crippen molar-refractivity contribution in [3.8, 4) is 45.3 Å². The van der Waals surface area contributed by atoms with Gasteiger partial charge in [-0.15, -0.1) is 0 Å². The van der Waals surface area contributed by atoms with Crippen LogP contribution in [0.5, 0.6) is 11.5 Å². The molecule has 2 aliphatic rings. The van der Waals surface area contributed by atoms with Crippen LogP contribution in [0.4, 0.5) is 4.39 Å². The van der Waals surface area contributed by atoms with E-state index in [9.17, 15) is 4.39 Å². The topological polar surface area (TPSA) is 108 Å². The Morgan fingerprint density at radius 2 is 1.45 bits per heavy atom. The Morgan fingerprint density at radius 3 is 2.23 bits per heavy atom. The van der Waals surface area contributed by atoms with Crippen LogP contribution in [-0.4, -0.2) is 92.4 Å². The fourth-order valence-corrected chi connectivity index (χ4v) is 6.69. The predicted octanol–water partition coefficient (Wildman–Crippen LogP) is 6.32. The van der Waals surface area contributed by atoms with Crippen LogP contribution >= 0.6 is 0 Å².